The van der Waals surface area contributed by atoms with Crippen LogP contribution in [-0.2, 0) is 20.8 Å². The summed E-state index contributed by atoms with van der Waals surface area (Å²) in [5, 5.41) is 26.2. The second-order valence-electron chi connectivity index (χ2n) is 12.2. The van der Waals surface area contributed by atoms with Crippen LogP contribution in [0.3, 0.4) is 0 Å². The van der Waals surface area contributed by atoms with Crippen molar-refractivity contribution in [2.45, 2.75) is 36.7 Å². The van der Waals surface area contributed by atoms with Gasteiger partial charge in [-0.05, 0) is 42.0 Å². The lowest BCUT2D eigenvalue weighted by atomic mass is 10.0. The molecule has 0 bridgehead atoms. The normalized spacial score (nSPS) is 20.6. The average molecular weight is 711 g/mol. The third kappa shape index (κ3) is 6.12. The molecule has 1 saturated carbocycles. The molecule has 2 atom stereocenters. The molecular formula is C32H31FN6O8S2. The highest BCUT2D eigenvalue weighted by atomic mass is 32.2. The van der Waals surface area contributed by atoms with Crippen LogP contribution in [0.4, 0.5) is 14.9 Å². The molecule has 0 unspecified atom stereocenters. The highest BCUT2D eigenvalue weighted by Crippen LogP contribution is 2.41. The highest BCUT2D eigenvalue weighted by Gasteiger charge is 2.54. The summed E-state index contributed by atoms with van der Waals surface area (Å²) in [7, 11) is 0. The van der Waals surface area contributed by atoms with Crippen LogP contribution in [0.5, 0.6) is 0 Å². The first-order chi connectivity index (χ1) is 23.5. The van der Waals surface area contributed by atoms with E-state index in [4.69, 9.17) is 0 Å². The van der Waals surface area contributed by atoms with Crippen molar-refractivity contribution < 1.29 is 38.6 Å². The molecule has 17 heteroatoms. The summed E-state index contributed by atoms with van der Waals surface area (Å²) in [6, 6.07) is 5.05. The number of nitrogens with one attached hydrogen (secondary N) is 2. The number of nitrogens with zero attached hydrogens (tertiary/aromatic N) is 4. The molecule has 2 aromatic heterocycles. The lowest BCUT2D eigenvalue weighted by Gasteiger charge is -2.49. The van der Waals surface area contributed by atoms with Gasteiger partial charge >= 0.3 is 18.0 Å². The van der Waals surface area contributed by atoms with Crippen LogP contribution in [0.1, 0.15) is 34.1 Å². The molecule has 4 aliphatic rings. The summed E-state index contributed by atoms with van der Waals surface area (Å²) in [5.74, 6) is -3.94. The summed E-state index contributed by atoms with van der Waals surface area (Å²) < 4.78 is 17.1. The molecule has 14 nitrogen and oxygen atoms in total. The number of fused-ring (bicyclic) bond motifs is 2. The van der Waals surface area contributed by atoms with E-state index in [9.17, 15) is 39.0 Å². The molecule has 49 heavy (non-hydrogen) atoms. The largest absolute Gasteiger partial charge is 0.477 e. The lowest BCUT2D eigenvalue weighted by Crippen LogP contribution is -2.70. The van der Waals surface area contributed by atoms with Gasteiger partial charge in [-0.25, -0.2) is 18.8 Å². The molecule has 256 valence electrons. The number of amides is 4. The molecule has 4 N–H and O–H groups in total. The molecule has 4 amide bonds. The minimum absolute atomic E-state index is 0.00245. The third-order valence-electron chi connectivity index (χ3n) is 9.11. The predicted molar refractivity (Wildman–Crippen MR) is 178 cm³/mol. The molecule has 1 aromatic carbocycles. The average Bonchev–Trinajstić information content (AvgIpc) is 3.80. The fourth-order valence-electron chi connectivity index (χ4n) is 6.47. The number of thioether (sulfide) groups is 1. The second-order valence-corrected chi connectivity index (χ2v) is 14.4. The van der Waals surface area contributed by atoms with Crippen molar-refractivity contribution in [2.24, 2.45) is 0 Å². The number of benzene rings is 1. The number of carboxylic acid groups (broad SMARTS) is 2. The Morgan fingerprint density at radius 3 is 2.43 bits per heavy atom. The fourth-order valence-corrected chi connectivity index (χ4v) is 8.52. The molecule has 5 heterocycles. The summed E-state index contributed by atoms with van der Waals surface area (Å²) in [5.41, 5.74) is -0.280. The zero-order chi connectivity index (χ0) is 34.6. The van der Waals surface area contributed by atoms with Crippen molar-refractivity contribution in [1.82, 2.24) is 25.0 Å². The number of carbonyl (C=O) groups is 5. The summed E-state index contributed by atoms with van der Waals surface area (Å²) in [6.07, 6.45) is 3.10. The van der Waals surface area contributed by atoms with Crippen LogP contribution in [0.25, 0.3) is 10.9 Å². The number of thiophene rings is 1. The summed E-state index contributed by atoms with van der Waals surface area (Å²) in [4.78, 5) is 80.6. The molecule has 0 spiro atoms. The highest BCUT2D eigenvalue weighted by molar-refractivity contribution is 8.00. The Morgan fingerprint density at radius 2 is 1.78 bits per heavy atom. The van der Waals surface area contributed by atoms with E-state index >= 15 is 4.39 Å². The number of aromatic carboxylic acids is 1. The standard InChI is InChI=1S/C32H31FN6O8S2/c33-21-11-19-22(38(17-3-4-17)14-20(27(19)41)30(43)44)12-23(21)36-5-7-37(8-6-36)32(47)34-13-16-15-49-29-25(28(42)39(29)26(16)31(45)46)35-24(40)10-18-2-1-9-48-18/h1-2,9,11-12,14,17,25,29H,3-8,10,13,15H2,(H,34,47)(H,35,40)(H,43,44)(H,45,46)/t25-,29-/m1/s1. The van der Waals surface area contributed by atoms with Crippen LogP contribution < -0.4 is 21.0 Å². The van der Waals surface area contributed by atoms with E-state index in [0.717, 1.165) is 28.7 Å². The molecule has 0 radical (unpaired) electrons. The van der Waals surface area contributed by atoms with Crippen LogP contribution >= 0.6 is 23.1 Å². The van der Waals surface area contributed by atoms with Crippen LogP contribution in [0, 0.1) is 5.82 Å². The monoisotopic (exact) mass is 710 g/mol. The first kappa shape index (κ1) is 32.6. The Kier molecular flexibility index (Phi) is 8.56. The van der Waals surface area contributed by atoms with Crippen molar-refractivity contribution in [3.05, 3.63) is 73.6 Å². The third-order valence-corrected chi connectivity index (χ3v) is 11.3. The molecule has 3 aromatic rings. The van der Waals surface area contributed by atoms with E-state index in [-0.39, 0.29) is 73.6 Å². The maximum atomic E-state index is 15.4. The number of urea groups is 1. The van der Waals surface area contributed by atoms with Gasteiger partial charge in [-0.15, -0.1) is 23.1 Å². The van der Waals surface area contributed by atoms with Gasteiger partial charge in [0.1, 0.15) is 28.5 Å². The van der Waals surface area contributed by atoms with Crippen molar-refractivity contribution in [2.75, 3.05) is 43.4 Å². The van der Waals surface area contributed by atoms with Crippen molar-refractivity contribution >= 4 is 69.5 Å². The number of aromatic nitrogens is 1. The summed E-state index contributed by atoms with van der Waals surface area (Å²) >= 11 is 2.74. The number of pyridine rings is 1. The lowest BCUT2D eigenvalue weighted by molar-refractivity contribution is -0.150. The number of halogens is 1. The van der Waals surface area contributed by atoms with E-state index in [0.29, 0.717) is 11.1 Å². The van der Waals surface area contributed by atoms with Gasteiger partial charge < -0.3 is 35.2 Å². The topological polar surface area (TPSA) is 182 Å². The van der Waals surface area contributed by atoms with Gasteiger partial charge in [0.05, 0.1) is 17.6 Å². The van der Waals surface area contributed by atoms with Gasteiger partial charge in [-0.3, -0.25) is 19.3 Å². The SMILES string of the molecule is O=C(Cc1cccs1)N[C@@H]1C(=O)N2C(C(=O)O)=C(CNC(=O)N3CCN(c4cc5c(cc4F)c(=O)c(C(=O)O)cn5C4CC4)CC3)CS[C@H]12. The number of carbonyl (C=O) groups excluding carboxylic acids is 3. The zero-order valence-electron chi connectivity index (χ0n) is 25.9. The van der Waals surface area contributed by atoms with Gasteiger partial charge in [-0.1, -0.05) is 6.07 Å². The smallest absolute Gasteiger partial charge is 0.352 e. The van der Waals surface area contributed by atoms with Gasteiger partial charge in [-0.2, -0.15) is 0 Å². The summed E-state index contributed by atoms with van der Waals surface area (Å²) in [6.45, 7) is 0.917. The number of carboxylic acids is 2. The Labute approximate surface area is 286 Å². The first-order valence-corrected chi connectivity index (χ1v) is 17.6. The van der Waals surface area contributed by atoms with E-state index in [1.165, 1.54) is 34.2 Å². The number of anilines is 1. The molecule has 3 fully saturated rings. The Bertz CT molecular complexity index is 1990. The maximum Gasteiger partial charge on any atom is 0.352 e. The van der Waals surface area contributed by atoms with Crippen molar-refractivity contribution in [3.8, 4) is 0 Å². The Balaban J connectivity index is 0.982. The van der Waals surface area contributed by atoms with E-state index in [1.54, 1.807) is 15.5 Å². The van der Waals surface area contributed by atoms with Gasteiger partial charge in [0.2, 0.25) is 11.3 Å². The van der Waals surface area contributed by atoms with Gasteiger partial charge in [0.25, 0.3) is 5.91 Å². The number of hydrogen-bond acceptors (Lipinski definition) is 9. The molecule has 3 aliphatic heterocycles. The van der Waals surface area contributed by atoms with E-state index in [2.05, 4.69) is 10.6 Å². The van der Waals surface area contributed by atoms with Crippen LogP contribution in [-0.4, -0.2) is 104 Å². The van der Waals surface area contributed by atoms with Crippen LogP contribution in [0.2, 0.25) is 0 Å². The Hall–Kier alpha value is -4.90. The first-order valence-electron chi connectivity index (χ1n) is 15.6. The molecule has 1 aliphatic carbocycles. The van der Waals surface area contributed by atoms with Gasteiger partial charge in [0, 0.05) is 61.0 Å². The van der Waals surface area contributed by atoms with Crippen molar-refractivity contribution in [3.63, 3.8) is 0 Å². The van der Waals surface area contributed by atoms with E-state index in [1.807, 2.05) is 17.5 Å². The minimum atomic E-state index is -1.37. The van der Waals surface area contributed by atoms with Crippen LogP contribution in [0.15, 0.2) is 51.9 Å². The molecule has 7 rings (SSSR count). The minimum Gasteiger partial charge on any atom is -0.477 e. The number of aliphatic carboxylic acids is 1. The number of rotatable bonds is 9. The van der Waals surface area contributed by atoms with Crippen molar-refractivity contribution in [1.29, 1.82) is 0 Å². The maximum absolute atomic E-state index is 15.4. The molecular weight excluding hydrogens is 680 g/mol. The second kappa shape index (κ2) is 12.9. The Morgan fingerprint density at radius 1 is 1.02 bits per heavy atom. The zero-order valence-corrected chi connectivity index (χ0v) is 27.5. The number of β-lactam (4-membered cyclic amide) rings is 1. The van der Waals surface area contributed by atoms with Gasteiger partial charge in [0.15, 0.2) is 0 Å². The molecule has 2 saturated heterocycles. The fraction of sp³-hybridized carbons (Fsp3) is 0.375. The van der Waals surface area contributed by atoms with E-state index < -0.39 is 52.1 Å². The number of hydrogen-bond donors (Lipinski definition) is 4. The quantitative estimate of drug-likeness (QED) is 0.240. The number of piperazine rings is 1. The predicted octanol–water partition coefficient (Wildman–Crippen LogP) is 2.05.